The fraction of sp³-hybridized carbons (Fsp3) is 0.417. The molecule has 1 heterocycles. The van der Waals surface area contributed by atoms with Gasteiger partial charge in [-0.1, -0.05) is 23.8 Å². The minimum atomic E-state index is -0.0350. The summed E-state index contributed by atoms with van der Waals surface area (Å²) < 4.78 is 5.33. The van der Waals surface area contributed by atoms with Crippen LogP contribution in [0.5, 0.6) is 0 Å². The first kappa shape index (κ1) is 8.04. The van der Waals surface area contributed by atoms with Gasteiger partial charge in [-0.3, -0.25) is 4.79 Å². The maximum absolute atomic E-state index is 11.1. The van der Waals surface area contributed by atoms with Crippen molar-refractivity contribution in [2.24, 2.45) is 5.92 Å². The van der Waals surface area contributed by atoms with Gasteiger partial charge in [0.25, 0.3) is 0 Å². The molecule has 0 amide bonds. The highest BCUT2D eigenvalue weighted by atomic mass is 16.6. The van der Waals surface area contributed by atoms with Crippen molar-refractivity contribution in [3.8, 4) is 0 Å². The van der Waals surface area contributed by atoms with Gasteiger partial charge in [-0.25, -0.2) is 0 Å². The Hall–Kier alpha value is -1.31. The lowest BCUT2D eigenvalue weighted by Crippen LogP contribution is -1.99. The lowest BCUT2D eigenvalue weighted by atomic mass is 10.0. The summed E-state index contributed by atoms with van der Waals surface area (Å²) in [6.45, 7) is 2.07. The second kappa shape index (κ2) is 2.59. The summed E-state index contributed by atoms with van der Waals surface area (Å²) >= 11 is 0. The third-order valence-corrected chi connectivity index (χ3v) is 3.21. The summed E-state index contributed by atoms with van der Waals surface area (Å²) in [6.07, 6.45) is 1.65. The number of carbonyl (C=O) groups is 1. The standard InChI is InChI=1S/C12H12O2/c1-7-2-3-8-5-9-6-11(13)14-12(9)10(8)4-7/h2-4,9,12H,5-6H2,1H3/t9-,12+/m0/s1. The monoisotopic (exact) mass is 188 g/mol. The molecular formula is C12H12O2. The molecule has 1 aromatic rings. The molecule has 1 fully saturated rings. The van der Waals surface area contributed by atoms with Crippen LogP contribution in [0, 0.1) is 12.8 Å². The predicted octanol–water partition coefficient (Wildman–Crippen LogP) is 2.16. The zero-order valence-corrected chi connectivity index (χ0v) is 8.12. The second-order valence-electron chi connectivity index (χ2n) is 4.28. The molecule has 72 valence electrons. The van der Waals surface area contributed by atoms with Gasteiger partial charge in [0, 0.05) is 5.92 Å². The fourth-order valence-corrected chi connectivity index (χ4v) is 2.55. The molecule has 14 heavy (non-hydrogen) atoms. The van der Waals surface area contributed by atoms with Crippen LogP contribution in [-0.2, 0) is 16.0 Å². The molecule has 2 nitrogen and oxygen atoms in total. The van der Waals surface area contributed by atoms with Gasteiger partial charge in [-0.05, 0) is 24.5 Å². The molecule has 0 spiro atoms. The van der Waals surface area contributed by atoms with Gasteiger partial charge >= 0.3 is 5.97 Å². The van der Waals surface area contributed by atoms with Crippen LogP contribution in [0.3, 0.4) is 0 Å². The molecule has 1 aliphatic carbocycles. The second-order valence-corrected chi connectivity index (χ2v) is 4.28. The van der Waals surface area contributed by atoms with Gasteiger partial charge in [0.2, 0.25) is 0 Å². The summed E-state index contributed by atoms with van der Waals surface area (Å²) in [4.78, 5) is 11.1. The number of hydrogen-bond acceptors (Lipinski definition) is 2. The van der Waals surface area contributed by atoms with Gasteiger partial charge in [0.05, 0.1) is 6.42 Å². The summed E-state index contributed by atoms with van der Waals surface area (Å²) in [5.74, 6) is 0.367. The molecule has 0 aromatic heterocycles. The quantitative estimate of drug-likeness (QED) is 0.583. The third kappa shape index (κ3) is 0.999. The molecule has 3 rings (SSSR count). The van der Waals surface area contributed by atoms with Crippen molar-refractivity contribution < 1.29 is 9.53 Å². The Balaban J connectivity index is 2.07. The summed E-state index contributed by atoms with van der Waals surface area (Å²) in [6, 6.07) is 6.44. The first-order chi connectivity index (χ1) is 6.74. The van der Waals surface area contributed by atoms with E-state index in [1.807, 2.05) is 0 Å². The van der Waals surface area contributed by atoms with Crippen molar-refractivity contribution >= 4 is 5.97 Å². The lowest BCUT2D eigenvalue weighted by molar-refractivity contribution is -0.141. The van der Waals surface area contributed by atoms with E-state index in [2.05, 4.69) is 25.1 Å². The number of benzene rings is 1. The Morgan fingerprint density at radius 2 is 2.21 bits per heavy atom. The number of hydrogen-bond donors (Lipinski definition) is 0. The average molecular weight is 188 g/mol. The number of esters is 1. The fourth-order valence-electron chi connectivity index (χ4n) is 2.55. The Bertz CT molecular complexity index is 409. The molecule has 2 atom stereocenters. The van der Waals surface area contributed by atoms with E-state index in [4.69, 9.17) is 4.74 Å². The summed E-state index contributed by atoms with van der Waals surface area (Å²) in [7, 11) is 0. The van der Waals surface area contributed by atoms with Crippen LogP contribution in [0.4, 0.5) is 0 Å². The normalized spacial score (nSPS) is 28.5. The highest BCUT2D eigenvalue weighted by Crippen LogP contribution is 2.45. The van der Waals surface area contributed by atoms with E-state index in [0.717, 1.165) is 6.42 Å². The minimum absolute atomic E-state index is 0.0350. The zero-order valence-electron chi connectivity index (χ0n) is 8.12. The molecule has 2 heteroatoms. The van der Waals surface area contributed by atoms with Crippen molar-refractivity contribution in [2.75, 3.05) is 0 Å². The molecule has 1 aliphatic heterocycles. The van der Waals surface area contributed by atoms with Crippen LogP contribution >= 0.6 is 0 Å². The van der Waals surface area contributed by atoms with Crippen LogP contribution < -0.4 is 0 Å². The molecule has 0 saturated carbocycles. The van der Waals surface area contributed by atoms with Gasteiger partial charge in [-0.2, -0.15) is 0 Å². The van der Waals surface area contributed by atoms with Crippen molar-refractivity contribution in [1.82, 2.24) is 0 Å². The van der Waals surface area contributed by atoms with Crippen LogP contribution in [0.25, 0.3) is 0 Å². The highest BCUT2D eigenvalue weighted by Gasteiger charge is 2.41. The van der Waals surface area contributed by atoms with Gasteiger partial charge in [0.15, 0.2) is 0 Å². The molecule has 0 N–H and O–H groups in total. The number of rotatable bonds is 0. The Morgan fingerprint density at radius 3 is 3.07 bits per heavy atom. The first-order valence-corrected chi connectivity index (χ1v) is 5.03. The highest BCUT2D eigenvalue weighted by molar-refractivity contribution is 5.73. The maximum atomic E-state index is 11.1. The van der Waals surface area contributed by atoms with E-state index in [-0.39, 0.29) is 12.1 Å². The summed E-state index contributed by atoms with van der Waals surface area (Å²) in [5, 5.41) is 0. The molecular weight excluding hydrogens is 176 g/mol. The van der Waals surface area contributed by atoms with Crippen LogP contribution in [0.2, 0.25) is 0 Å². The van der Waals surface area contributed by atoms with Gasteiger partial charge in [0.1, 0.15) is 6.10 Å². The van der Waals surface area contributed by atoms with Crippen molar-refractivity contribution in [1.29, 1.82) is 0 Å². The zero-order chi connectivity index (χ0) is 9.71. The number of aryl methyl sites for hydroxylation is 1. The molecule has 1 saturated heterocycles. The van der Waals surface area contributed by atoms with Crippen molar-refractivity contribution in [3.63, 3.8) is 0 Å². The number of ether oxygens (including phenoxy) is 1. The van der Waals surface area contributed by atoms with E-state index in [1.54, 1.807) is 0 Å². The number of carbonyl (C=O) groups excluding carboxylic acids is 1. The van der Waals surface area contributed by atoms with Gasteiger partial charge in [-0.15, -0.1) is 0 Å². The van der Waals surface area contributed by atoms with Crippen molar-refractivity contribution in [2.45, 2.75) is 25.9 Å². The molecule has 2 aliphatic rings. The van der Waals surface area contributed by atoms with E-state index in [0.29, 0.717) is 12.3 Å². The van der Waals surface area contributed by atoms with E-state index in [9.17, 15) is 4.79 Å². The number of fused-ring (bicyclic) bond motifs is 3. The Morgan fingerprint density at radius 1 is 1.36 bits per heavy atom. The molecule has 1 aromatic carbocycles. The third-order valence-electron chi connectivity index (χ3n) is 3.21. The Labute approximate surface area is 82.9 Å². The van der Waals surface area contributed by atoms with Crippen LogP contribution in [0.15, 0.2) is 18.2 Å². The van der Waals surface area contributed by atoms with Crippen LogP contribution in [0.1, 0.15) is 29.2 Å². The first-order valence-electron chi connectivity index (χ1n) is 5.03. The smallest absolute Gasteiger partial charge is 0.306 e. The van der Waals surface area contributed by atoms with E-state index < -0.39 is 0 Å². The lowest BCUT2D eigenvalue weighted by Gasteiger charge is -2.09. The topological polar surface area (TPSA) is 26.3 Å². The molecule has 0 bridgehead atoms. The largest absolute Gasteiger partial charge is 0.457 e. The maximum Gasteiger partial charge on any atom is 0.306 e. The SMILES string of the molecule is Cc1ccc2c(c1)[C@@H]1OC(=O)C[C@@H]1C2. The minimum Gasteiger partial charge on any atom is -0.457 e. The van der Waals surface area contributed by atoms with Crippen molar-refractivity contribution in [3.05, 3.63) is 34.9 Å². The van der Waals surface area contributed by atoms with E-state index in [1.165, 1.54) is 16.7 Å². The Kier molecular flexibility index (Phi) is 1.49. The van der Waals surface area contributed by atoms with E-state index >= 15 is 0 Å². The molecule has 0 radical (unpaired) electrons. The van der Waals surface area contributed by atoms with Gasteiger partial charge < -0.3 is 4.74 Å². The van der Waals surface area contributed by atoms with Crippen LogP contribution in [-0.4, -0.2) is 5.97 Å². The molecule has 0 unspecified atom stereocenters. The predicted molar refractivity (Wildman–Crippen MR) is 51.8 cm³/mol. The summed E-state index contributed by atoms with van der Waals surface area (Å²) in [5.41, 5.74) is 3.84. The average Bonchev–Trinajstić information content (AvgIpc) is 2.62.